The molecule has 4 nitrogen and oxygen atoms in total. The van der Waals surface area contributed by atoms with Crippen LogP contribution in [0, 0.1) is 0 Å². The van der Waals surface area contributed by atoms with E-state index in [1.165, 1.54) is 24.3 Å². The Bertz CT molecular complexity index is 387. The van der Waals surface area contributed by atoms with Crippen LogP contribution in [-0.2, 0) is 11.2 Å². The van der Waals surface area contributed by atoms with Crippen molar-refractivity contribution in [1.29, 1.82) is 0 Å². The molecule has 0 aromatic heterocycles. The molecule has 0 saturated heterocycles. The Hall–Kier alpha value is -1.69. The molecule has 0 radical (unpaired) electrons. The molecule has 0 aliphatic carbocycles. The minimum absolute atomic E-state index is 0.0365. The molecule has 1 atom stereocenters. The van der Waals surface area contributed by atoms with Crippen molar-refractivity contribution in [3.63, 3.8) is 0 Å². The lowest BCUT2D eigenvalue weighted by Crippen LogP contribution is -2.47. The van der Waals surface area contributed by atoms with Crippen molar-refractivity contribution >= 4 is 5.97 Å². The second kappa shape index (κ2) is 5.09. The molecule has 17 heavy (non-hydrogen) atoms. The summed E-state index contributed by atoms with van der Waals surface area (Å²) in [5.74, 6) is -1.31. The third-order valence-corrected chi connectivity index (χ3v) is 2.10. The molecule has 1 rings (SSSR count). The number of halogens is 2. The summed E-state index contributed by atoms with van der Waals surface area (Å²) in [6.07, 6.45) is -0.0843. The molecule has 0 bridgehead atoms. The Kier molecular flexibility index (Phi) is 4.01. The van der Waals surface area contributed by atoms with E-state index in [2.05, 4.69) is 0 Å². The number of carboxylic acid groups (broad SMARTS) is 1. The standard InChI is InChI=1S/C11H13F2NO3/c1-11(12,13)14-9(10(16)17)6-7-2-4-8(15)5-3-7/h2-5,9,14-15H,6H2,1H3,(H,16,17). The van der Waals surface area contributed by atoms with Crippen LogP contribution in [0.25, 0.3) is 0 Å². The molecule has 0 spiro atoms. The van der Waals surface area contributed by atoms with Gasteiger partial charge in [0, 0.05) is 6.92 Å². The van der Waals surface area contributed by atoms with Gasteiger partial charge in [-0.3, -0.25) is 4.79 Å². The first-order valence-electron chi connectivity index (χ1n) is 4.94. The van der Waals surface area contributed by atoms with E-state index in [0.717, 1.165) is 0 Å². The zero-order valence-electron chi connectivity index (χ0n) is 9.15. The number of alkyl halides is 2. The van der Waals surface area contributed by atoms with E-state index in [1.54, 1.807) is 5.32 Å². The summed E-state index contributed by atoms with van der Waals surface area (Å²) in [4.78, 5) is 10.8. The van der Waals surface area contributed by atoms with E-state index in [0.29, 0.717) is 12.5 Å². The zero-order chi connectivity index (χ0) is 13.1. The van der Waals surface area contributed by atoms with Gasteiger partial charge in [-0.1, -0.05) is 12.1 Å². The summed E-state index contributed by atoms with van der Waals surface area (Å²) in [5, 5.41) is 19.6. The van der Waals surface area contributed by atoms with Crippen LogP contribution in [0.2, 0.25) is 0 Å². The normalized spacial score (nSPS) is 13.4. The van der Waals surface area contributed by atoms with Crippen LogP contribution in [0.1, 0.15) is 12.5 Å². The molecule has 94 valence electrons. The van der Waals surface area contributed by atoms with E-state index in [-0.39, 0.29) is 12.2 Å². The molecule has 0 amide bonds. The second-order valence-corrected chi connectivity index (χ2v) is 3.79. The number of nitrogens with one attached hydrogen (secondary N) is 1. The largest absolute Gasteiger partial charge is 0.508 e. The van der Waals surface area contributed by atoms with E-state index >= 15 is 0 Å². The van der Waals surface area contributed by atoms with Crippen LogP contribution in [-0.4, -0.2) is 28.3 Å². The molecule has 1 aromatic rings. The molecule has 6 heteroatoms. The predicted molar refractivity (Wildman–Crippen MR) is 57.0 cm³/mol. The molecular formula is C11H13F2NO3. The number of phenolic OH excluding ortho intramolecular Hbond substituents is 1. The van der Waals surface area contributed by atoms with Crippen LogP contribution in [0.3, 0.4) is 0 Å². The highest BCUT2D eigenvalue weighted by Gasteiger charge is 2.29. The van der Waals surface area contributed by atoms with Gasteiger partial charge in [0.15, 0.2) is 0 Å². The van der Waals surface area contributed by atoms with Crippen molar-refractivity contribution in [3.8, 4) is 5.75 Å². The number of aromatic hydroxyl groups is 1. The first-order chi connectivity index (χ1) is 7.78. The van der Waals surface area contributed by atoms with Crippen molar-refractivity contribution < 1.29 is 23.8 Å². The molecule has 0 aliphatic rings. The van der Waals surface area contributed by atoms with Crippen molar-refractivity contribution in [2.45, 2.75) is 25.4 Å². The van der Waals surface area contributed by atoms with E-state index < -0.39 is 18.1 Å². The molecule has 1 unspecified atom stereocenters. The summed E-state index contributed by atoms with van der Waals surface area (Å²) in [6.45, 7) is 0.597. The third kappa shape index (κ3) is 4.78. The lowest BCUT2D eigenvalue weighted by Gasteiger charge is -2.19. The van der Waals surface area contributed by atoms with Crippen molar-refractivity contribution in [2.24, 2.45) is 0 Å². The maximum atomic E-state index is 12.7. The summed E-state index contributed by atoms with van der Waals surface area (Å²) in [6, 6.07) is 1.09. The lowest BCUT2D eigenvalue weighted by molar-refractivity contribution is -0.143. The van der Waals surface area contributed by atoms with Gasteiger partial charge in [-0.05, 0) is 24.1 Å². The van der Waals surface area contributed by atoms with Gasteiger partial charge in [0.05, 0.1) is 0 Å². The molecule has 3 N–H and O–H groups in total. The van der Waals surface area contributed by atoms with Crippen LogP contribution in [0.5, 0.6) is 5.75 Å². The van der Waals surface area contributed by atoms with Crippen LogP contribution in [0.15, 0.2) is 24.3 Å². The highest BCUT2D eigenvalue weighted by molar-refractivity contribution is 5.74. The Balaban J connectivity index is 2.73. The number of hydrogen-bond donors (Lipinski definition) is 3. The number of hydrogen-bond acceptors (Lipinski definition) is 3. The Morgan fingerprint density at radius 2 is 1.94 bits per heavy atom. The Morgan fingerprint density at radius 3 is 2.35 bits per heavy atom. The quantitative estimate of drug-likeness (QED) is 0.689. The molecule has 0 heterocycles. The lowest BCUT2D eigenvalue weighted by atomic mass is 10.1. The minimum Gasteiger partial charge on any atom is -0.508 e. The SMILES string of the molecule is CC(F)(F)NC(Cc1ccc(O)cc1)C(=O)O. The average Bonchev–Trinajstić information content (AvgIpc) is 2.18. The van der Waals surface area contributed by atoms with E-state index in [9.17, 15) is 13.6 Å². The molecular weight excluding hydrogens is 232 g/mol. The molecule has 0 saturated carbocycles. The number of benzene rings is 1. The first-order valence-corrected chi connectivity index (χ1v) is 4.94. The monoisotopic (exact) mass is 245 g/mol. The number of carbonyl (C=O) groups is 1. The number of phenols is 1. The van der Waals surface area contributed by atoms with Crippen molar-refractivity contribution in [2.75, 3.05) is 0 Å². The highest BCUT2D eigenvalue weighted by atomic mass is 19.3. The van der Waals surface area contributed by atoms with E-state index in [1.807, 2.05) is 0 Å². The number of rotatable bonds is 5. The second-order valence-electron chi connectivity index (χ2n) is 3.79. The van der Waals surface area contributed by atoms with Gasteiger partial charge in [-0.25, -0.2) is 5.32 Å². The molecule has 0 aliphatic heterocycles. The summed E-state index contributed by atoms with van der Waals surface area (Å²) in [7, 11) is 0. The van der Waals surface area contributed by atoms with Crippen LogP contribution >= 0.6 is 0 Å². The zero-order valence-corrected chi connectivity index (χ0v) is 9.15. The van der Waals surface area contributed by atoms with Crippen LogP contribution in [0.4, 0.5) is 8.78 Å². The summed E-state index contributed by atoms with van der Waals surface area (Å²) >= 11 is 0. The highest BCUT2D eigenvalue weighted by Crippen LogP contribution is 2.14. The molecule has 1 aromatic carbocycles. The fraction of sp³-hybridized carbons (Fsp3) is 0.364. The Labute approximate surface area is 96.9 Å². The van der Waals surface area contributed by atoms with Gasteiger partial charge in [-0.2, -0.15) is 8.78 Å². The van der Waals surface area contributed by atoms with Crippen LogP contribution < -0.4 is 5.32 Å². The predicted octanol–water partition coefficient (Wildman–Crippen LogP) is 1.59. The summed E-state index contributed by atoms with van der Waals surface area (Å²) in [5.41, 5.74) is 0.548. The summed E-state index contributed by atoms with van der Waals surface area (Å²) < 4.78 is 25.4. The van der Waals surface area contributed by atoms with Gasteiger partial charge < -0.3 is 10.2 Å². The van der Waals surface area contributed by atoms with Gasteiger partial charge in [0.1, 0.15) is 11.8 Å². The third-order valence-electron chi connectivity index (χ3n) is 2.10. The van der Waals surface area contributed by atoms with Crippen molar-refractivity contribution in [1.82, 2.24) is 5.32 Å². The number of carboxylic acids is 1. The fourth-order valence-corrected chi connectivity index (χ4v) is 1.37. The fourth-order valence-electron chi connectivity index (χ4n) is 1.37. The molecule has 0 fully saturated rings. The van der Waals surface area contributed by atoms with Crippen molar-refractivity contribution in [3.05, 3.63) is 29.8 Å². The van der Waals surface area contributed by atoms with Gasteiger partial charge in [0.25, 0.3) is 6.05 Å². The smallest absolute Gasteiger partial charge is 0.321 e. The van der Waals surface area contributed by atoms with Gasteiger partial charge >= 0.3 is 5.97 Å². The number of aliphatic carboxylic acids is 1. The van der Waals surface area contributed by atoms with E-state index in [4.69, 9.17) is 10.2 Å². The maximum Gasteiger partial charge on any atom is 0.321 e. The van der Waals surface area contributed by atoms with Gasteiger partial charge in [0.2, 0.25) is 0 Å². The Morgan fingerprint density at radius 1 is 1.41 bits per heavy atom. The minimum atomic E-state index is -3.25. The topological polar surface area (TPSA) is 69.6 Å². The average molecular weight is 245 g/mol. The first kappa shape index (κ1) is 13.4. The maximum absolute atomic E-state index is 12.7. The van der Waals surface area contributed by atoms with Gasteiger partial charge in [-0.15, -0.1) is 0 Å².